The first-order valence-electron chi connectivity index (χ1n) is 10.3. The molecule has 3 aromatic rings. The SMILES string of the molecule is N#Cc1ccc2c(c1)nc(CN1C(=O)C3(CC3)c3ccc(F)cc31)n2CCCC(F)(F)F. The Morgan fingerprint density at radius 2 is 1.94 bits per heavy atom. The Hall–Kier alpha value is -3.41. The van der Waals surface area contributed by atoms with Crippen LogP contribution in [0.3, 0.4) is 0 Å². The summed E-state index contributed by atoms with van der Waals surface area (Å²) in [5.74, 6) is -0.195. The van der Waals surface area contributed by atoms with E-state index in [4.69, 9.17) is 0 Å². The zero-order valence-corrected chi connectivity index (χ0v) is 16.9. The number of benzene rings is 2. The van der Waals surface area contributed by atoms with Crippen molar-refractivity contribution >= 4 is 22.6 Å². The molecule has 0 bridgehead atoms. The largest absolute Gasteiger partial charge is 0.389 e. The molecular formula is C23H18F4N4O. The molecule has 5 rings (SSSR count). The van der Waals surface area contributed by atoms with Gasteiger partial charge >= 0.3 is 6.18 Å². The average molecular weight is 442 g/mol. The van der Waals surface area contributed by atoms with Gasteiger partial charge < -0.3 is 9.47 Å². The van der Waals surface area contributed by atoms with E-state index in [9.17, 15) is 27.6 Å². The van der Waals surface area contributed by atoms with E-state index < -0.39 is 23.8 Å². The predicted molar refractivity (Wildman–Crippen MR) is 108 cm³/mol. The van der Waals surface area contributed by atoms with Crippen LogP contribution in [0.15, 0.2) is 36.4 Å². The molecule has 1 spiro atoms. The van der Waals surface area contributed by atoms with Crippen LogP contribution < -0.4 is 4.90 Å². The number of imidazole rings is 1. The molecular weight excluding hydrogens is 424 g/mol. The van der Waals surface area contributed by atoms with Crippen molar-refractivity contribution < 1.29 is 22.4 Å². The lowest BCUT2D eigenvalue weighted by Crippen LogP contribution is -2.32. The Balaban J connectivity index is 1.54. The first-order valence-corrected chi connectivity index (χ1v) is 10.3. The number of hydrogen-bond donors (Lipinski definition) is 0. The topological polar surface area (TPSA) is 61.9 Å². The molecule has 0 N–H and O–H groups in total. The number of nitriles is 1. The van der Waals surface area contributed by atoms with Crippen LogP contribution in [0.1, 0.15) is 42.6 Å². The molecule has 1 saturated carbocycles. The normalized spacial score (nSPS) is 16.6. The van der Waals surface area contributed by atoms with Crippen molar-refractivity contribution in [3.63, 3.8) is 0 Å². The van der Waals surface area contributed by atoms with Gasteiger partial charge in [-0.15, -0.1) is 0 Å². The number of aryl methyl sites for hydroxylation is 1. The van der Waals surface area contributed by atoms with E-state index in [0.717, 1.165) is 5.56 Å². The van der Waals surface area contributed by atoms with Crippen LogP contribution in [-0.2, 0) is 23.3 Å². The summed E-state index contributed by atoms with van der Waals surface area (Å²) in [7, 11) is 0. The number of aromatic nitrogens is 2. The van der Waals surface area contributed by atoms with Crippen LogP contribution in [0.5, 0.6) is 0 Å². The first-order chi connectivity index (χ1) is 15.2. The summed E-state index contributed by atoms with van der Waals surface area (Å²) >= 11 is 0. The Kier molecular flexibility index (Phi) is 4.52. The number of nitrogens with zero attached hydrogens (tertiary/aromatic N) is 4. The molecule has 32 heavy (non-hydrogen) atoms. The highest BCUT2D eigenvalue weighted by molar-refractivity contribution is 6.10. The third kappa shape index (κ3) is 3.30. The van der Waals surface area contributed by atoms with Gasteiger partial charge in [-0.3, -0.25) is 4.79 Å². The number of amides is 1. The lowest BCUT2D eigenvalue weighted by molar-refractivity contribution is -0.135. The summed E-state index contributed by atoms with van der Waals surface area (Å²) in [5, 5.41) is 9.17. The highest BCUT2D eigenvalue weighted by Gasteiger charge is 2.59. The summed E-state index contributed by atoms with van der Waals surface area (Å²) in [5.41, 5.74) is 2.09. The maximum Gasteiger partial charge on any atom is 0.389 e. The Labute approximate surface area is 180 Å². The number of carbonyl (C=O) groups is 1. The Bertz CT molecular complexity index is 1280. The summed E-state index contributed by atoms with van der Waals surface area (Å²) < 4.78 is 53.8. The van der Waals surface area contributed by atoms with E-state index in [1.54, 1.807) is 28.8 Å². The van der Waals surface area contributed by atoms with Crippen molar-refractivity contribution in [2.75, 3.05) is 4.90 Å². The molecule has 1 fully saturated rings. The molecule has 2 heterocycles. The number of anilines is 1. The van der Waals surface area contributed by atoms with E-state index in [2.05, 4.69) is 4.98 Å². The van der Waals surface area contributed by atoms with Crippen LogP contribution in [0.2, 0.25) is 0 Å². The summed E-state index contributed by atoms with van der Waals surface area (Å²) in [6.45, 7) is 0.0695. The number of hydrogen-bond acceptors (Lipinski definition) is 3. The van der Waals surface area contributed by atoms with Gasteiger partial charge in [-0.1, -0.05) is 6.07 Å². The fourth-order valence-corrected chi connectivity index (χ4v) is 4.58. The van der Waals surface area contributed by atoms with Gasteiger partial charge in [0.1, 0.15) is 11.6 Å². The molecule has 0 atom stereocenters. The summed E-state index contributed by atoms with van der Waals surface area (Å²) in [6, 6.07) is 11.1. The van der Waals surface area contributed by atoms with Crippen molar-refractivity contribution in [3.8, 4) is 6.07 Å². The van der Waals surface area contributed by atoms with Gasteiger partial charge in [0.2, 0.25) is 5.91 Å². The average Bonchev–Trinajstić information content (AvgIpc) is 3.43. The quantitative estimate of drug-likeness (QED) is 0.525. The maximum atomic E-state index is 14.0. The molecule has 0 unspecified atom stereocenters. The second kappa shape index (κ2) is 7.05. The Morgan fingerprint density at radius 3 is 2.62 bits per heavy atom. The van der Waals surface area contributed by atoms with Gasteiger partial charge in [-0.25, -0.2) is 9.37 Å². The molecule has 1 aliphatic carbocycles. The van der Waals surface area contributed by atoms with E-state index in [1.165, 1.54) is 17.0 Å². The molecule has 9 heteroatoms. The van der Waals surface area contributed by atoms with Crippen LogP contribution in [-0.4, -0.2) is 21.6 Å². The molecule has 1 amide bonds. The number of fused-ring (bicyclic) bond motifs is 3. The van der Waals surface area contributed by atoms with Gasteiger partial charge in [0.15, 0.2) is 0 Å². The number of halogens is 4. The number of alkyl halides is 3. The second-order valence-corrected chi connectivity index (χ2v) is 8.35. The van der Waals surface area contributed by atoms with Crippen LogP contribution in [0, 0.1) is 17.1 Å². The van der Waals surface area contributed by atoms with E-state index in [1.807, 2.05) is 6.07 Å². The van der Waals surface area contributed by atoms with Crippen molar-refractivity contribution in [3.05, 3.63) is 59.2 Å². The Morgan fingerprint density at radius 1 is 1.16 bits per heavy atom. The van der Waals surface area contributed by atoms with Crippen molar-refractivity contribution in [1.82, 2.24) is 9.55 Å². The van der Waals surface area contributed by atoms with Gasteiger partial charge in [-0.05, 0) is 55.2 Å². The van der Waals surface area contributed by atoms with Crippen LogP contribution in [0.4, 0.5) is 23.2 Å². The fraction of sp³-hybridized carbons (Fsp3) is 0.348. The number of rotatable bonds is 5. The van der Waals surface area contributed by atoms with E-state index in [-0.39, 0.29) is 25.4 Å². The van der Waals surface area contributed by atoms with Crippen molar-refractivity contribution in [2.45, 2.75) is 50.4 Å². The second-order valence-electron chi connectivity index (χ2n) is 8.35. The van der Waals surface area contributed by atoms with Gasteiger partial charge in [0.25, 0.3) is 0 Å². The van der Waals surface area contributed by atoms with Crippen LogP contribution >= 0.6 is 0 Å². The highest BCUT2D eigenvalue weighted by atomic mass is 19.4. The minimum atomic E-state index is -4.27. The minimum Gasteiger partial charge on any atom is -0.326 e. The van der Waals surface area contributed by atoms with Gasteiger partial charge in [0, 0.05) is 13.0 Å². The lowest BCUT2D eigenvalue weighted by Gasteiger charge is -2.19. The zero-order chi connectivity index (χ0) is 22.7. The maximum absolute atomic E-state index is 14.0. The predicted octanol–water partition coefficient (Wildman–Crippen LogP) is 4.97. The van der Waals surface area contributed by atoms with Gasteiger partial charge in [-0.2, -0.15) is 18.4 Å². The minimum absolute atomic E-state index is 0.0135. The molecule has 2 aromatic carbocycles. The van der Waals surface area contributed by atoms with Crippen molar-refractivity contribution in [1.29, 1.82) is 5.26 Å². The summed E-state index contributed by atoms with van der Waals surface area (Å²) in [6.07, 6.45) is -3.99. The molecule has 1 aromatic heterocycles. The monoisotopic (exact) mass is 442 g/mol. The molecule has 0 saturated heterocycles. The smallest absolute Gasteiger partial charge is 0.326 e. The number of carbonyl (C=O) groups excluding carboxylic acids is 1. The van der Waals surface area contributed by atoms with Gasteiger partial charge in [0.05, 0.1) is 40.3 Å². The van der Waals surface area contributed by atoms with E-state index >= 15 is 0 Å². The van der Waals surface area contributed by atoms with Crippen molar-refractivity contribution in [2.24, 2.45) is 0 Å². The zero-order valence-electron chi connectivity index (χ0n) is 16.9. The molecule has 164 valence electrons. The highest BCUT2D eigenvalue weighted by Crippen LogP contribution is 2.57. The third-order valence-electron chi connectivity index (χ3n) is 6.27. The first kappa shape index (κ1) is 20.5. The molecule has 1 aliphatic heterocycles. The summed E-state index contributed by atoms with van der Waals surface area (Å²) in [4.78, 5) is 19.2. The van der Waals surface area contributed by atoms with E-state index in [0.29, 0.717) is 41.0 Å². The molecule has 2 aliphatic rings. The standard InChI is InChI=1S/C23H18F4N4O/c24-15-3-4-16-19(11-15)31(21(32)22(16)7-8-22)13-20-29-17-10-14(12-28)2-5-18(17)30(20)9-1-6-23(25,26)27/h2-5,10-11H,1,6-9,13H2. The van der Waals surface area contributed by atoms with Crippen LogP contribution in [0.25, 0.3) is 11.0 Å². The fourth-order valence-electron chi connectivity index (χ4n) is 4.58. The molecule has 0 radical (unpaired) electrons. The lowest BCUT2D eigenvalue weighted by atomic mass is 9.98. The molecule has 5 nitrogen and oxygen atoms in total. The third-order valence-corrected chi connectivity index (χ3v) is 6.27.